The van der Waals surface area contributed by atoms with E-state index in [1.165, 1.54) is 27.8 Å². The first-order valence-electron chi connectivity index (χ1n) is 6.07. The highest BCUT2D eigenvalue weighted by atomic mass is 79.9. The Hall–Kier alpha value is -0.120. The number of alkyl halides is 1. The Kier molecular flexibility index (Phi) is 4.91. The Morgan fingerprint density at radius 1 is 0.789 bits per heavy atom. The summed E-state index contributed by atoms with van der Waals surface area (Å²) in [7, 11) is 0. The third kappa shape index (κ3) is 3.32. The number of halogens is 3. The molecule has 2 rings (SSSR count). The fourth-order valence-electron chi connectivity index (χ4n) is 2.10. The van der Waals surface area contributed by atoms with Crippen LogP contribution in [-0.4, -0.2) is 0 Å². The maximum atomic E-state index is 3.84. The predicted molar refractivity (Wildman–Crippen MR) is 93.3 cm³/mol. The molecular weight excluding hydrogens is 432 g/mol. The first-order valence-corrected chi connectivity index (χ1v) is 8.57. The van der Waals surface area contributed by atoms with Crippen molar-refractivity contribution in [2.45, 2.75) is 25.6 Å². The number of benzene rings is 2. The molecule has 0 aliphatic carbocycles. The van der Waals surface area contributed by atoms with Gasteiger partial charge in [-0.15, -0.1) is 0 Å². The lowest BCUT2D eigenvalue weighted by Gasteiger charge is -2.17. The van der Waals surface area contributed by atoms with Crippen molar-refractivity contribution in [3.63, 3.8) is 0 Å². The van der Waals surface area contributed by atoms with Crippen molar-refractivity contribution in [3.05, 3.63) is 67.1 Å². The molecule has 0 aromatic heterocycles. The van der Waals surface area contributed by atoms with E-state index in [9.17, 15) is 0 Å². The summed E-state index contributed by atoms with van der Waals surface area (Å²) in [5.74, 6) is 0. The largest absolute Gasteiger partial charge is 0.0786 e. The SMILES string of the molecule is Cc1ccc(Br)c(C(Br)c2cc(C)c(Br)cc2C)c1. The van der Waals surface area contributed by atoms with E-state index in [-0.39, 0.29) is 4.83 Å². The summed E-state index contributed by atoms with van der Waals surface area (Å²) in [4.78, 5) is 0.202. The maximum Gasteiger partial charge on any atom is 0.0658 e. The quantitative estimate of drug-likeness (QED) is 0.454. The van der Waals surface area contributed by atoms with Crippen LogP contribution in [0.1, 0.15) is 32.6 Å². The van der Waals surface area contributed by atoms with Crippen molar-refractivity contribution in [1.82, 2.24) is 0 Å². The van der Waals surface area contributed by atoms with Crippen LogP contribution in [0.2, 0.25) is 0 Å². The van der Waals surface area contributed by atoms with E-state index in [1.54, 1.807) is 0 Å². The molecule has 19 heavy (non-hydrogen) atoms. The van der Waals surface area contributed by atoms with Gasteiger partial charge in [-0.3, -0.25) is 0 Å². The van der Waals surface area contributed by atoms with Gasteiger partial charge in [0.25, 0.3) is 0 Å². The molecular formula is C16H15Br3. The Balaban J connectivity index is 2.52. The maximum absolute atomic E-state index is 3.84. The molecule has 3 heteroatoms. The molecule has 0 bridgehead atoms. The summed E-state index contributed by atoms with van der Waals surface area (Å²) in [5.41, 5.74) is 6.40. The van der Waals surface area contributed by atoms with Gasteiger partial charge in [-0.1, -0.05) is 71.6 Å². The molecule has 0 saturated carbocycles. The van der Waals surface area contributed by atoms with Crippen LogP contribution in [0, 0.1) is 20.8 Å². The summed E-state index contributed by atoms with van der Waals surface area (Å²) >= 11 is 11.1. The summed E-state index contributed by atoms with van der Waals surface area (Å²) in [6.45, 7) is 6.39. The molecule has 2 aromatic rings. The highest BCUT2D eigenvalue weighted by molar-refractivity contribution is 9.11. The summed E-state index contributed by atoms with van der Waals surface area (Å²) < 4.78 is 2.30. The monoisotopic (exact) mass is 444 g/mol. The van der Waals surface area contributed by atoms with Crippen molar-refractivity contribution in [1.29, 1.82) is 0 Å². The normalized spacial score (nSPS) is 12.5. The second kappa shape index (κ2) is 6.11. The third-order valence-corrected chi connectivity index (χ3v) is 5.81. The highest BCUT2D eigenvalue weighted by Gasteiger charge is 2.16. The van der Waals surface area contributed by atoms with Crippen LogP contribution in [0.4, 0.5) is 0 Å². The zero-order valence-corrected chi connectivity index (χ0v) is 15.9. The molecule has 0 aliphatic heterocycles. The van der Waals surface area contributed by atoms with E-state index in [4.69, 9.17) is 0 Å². The van der Waals surface area contributed by atoms with E-state index in [2.05, 4.69) is 98.9 Å². The molecule has 0 N–H and O–H groups in total. The van der Waals surface area contributed by atoms with Crippen LogP contribution >= 0.6 is 47.8 Å². The molecule has 100 valence electrons. The van der Waals surface area contributed by atoms with E-state index >= 15 is 0 Å². The van der Waals surface area contributed by atoms with Gasteiger partial charge in [0.2, 0.25) is 0 Å². The first kappa shape index (κ1) is 15.3. The standard InChI is InChI=1S/C16H15Br3/c1-9-4-5-14(17)13(6-9)16(19)12-7-11(3)15(18)8-10(12)2/h4-8,16H,1-3H3. The third-order valence-electron chi connectivity index (χ3n) is 3.24. The van der Waals surface area contributed by atoms with Gasteiger partial charge in [-0.25, -0.2) is 0 Å². The number of aryl methyl sites for hydroxylation is 3. The van der Waals surface area contributed by atoms with Gasteiger partial charge in [0.1, 0.15) is 0 Å². The average Bonchev–Trinajstić information content (AvgIpc) is 2.36. The molecule has 0 fully saturated rings. The second-order valence-electron chi connectivity index (χ2n) is 4.85. The van der Waals surface area contributed by atoms with Crippen LogP contribution in [0.15, 0.2) is 39.3 Å². The molecule has 0 spiro atoms. The van der Waals surface area contributed by atoms with E-state index in [0.717, 1.165) is 8.95 Å². The zero-order valence-electron chi connectivity index (χ0n) is 11.1. The van der Waals surface area contributed by atoms with Crippen LogP contribution in [-0.2, 0) is 0 Å². The summed E-state index contributed by atoms with van der Waals surface area (Å²) in [6.07, 6.45) is 0. The average molecular weight is 447 g/mol. The lowest BCUT2D eigenvalue weighted by Crippen LogP contribution is -1.99. The highest BCUT2D eigenvalue weighted by Crippen LogP contribution is 2.38. The van der Waals surface area contributed by atoms with Gasteiger partial charge in [0.05, 0.1) is 4.83 Å². The predicted octanol–water partition coefficient (Wildman–Crippen LogP) is 6.62. The van der Waals surface area contributed by atoms with Crippen LogP contribution < -0.4 is 0 Å². The van der Waals surface area contributed by atoms with Crippen molar-refractivity contribution in [2.75, 3.05) is 0 Å². The smallest absolute Gasteiger partial charge is 0.0658 e. The molecule has 2 aromatic carbocycles. The minimum absolute atomic E-state index is 0.202. The molecule has 0 saturated heterocycles. The molecule has 0 amide bonds. The van der Waals surface area contributed by atoms with Gasteiger partial charge in [0.15, 0.2) is 0 Å². The van der Waals surface area contributed by atoms with Crippen molar-refractivity contribution in [3.8, 4) is 0 Å². The molecule has 0 radical (unpaired) electrons. The summed E-state index contributed by atoms with van der Waals surface area (Å²) in [6, 6.07) is 10.9. The van der Waals surface area contributed by atoms with Gasteiger partial charge >= 0.3 is 0 Å². The van der Waals surface area contributed by atoms with Gasteiger partial charge in [-0.05, 0) is 55.2 Å². The lowest BCUT2D eigenvalue weighted by molar-refractivity contribution is 1.11. The van der Waals surface area contributed by atoms with Crippen LogP contribution in [0.3, 0.4) is 0 Å². The summed E-state index contributed by atoms with van der Waals surface area (Å²) in [5, 5.41) is 0. The zero-order chi connectivity index (χ0) is 14.2. The Labute approximate surface area is 140 Å². The van der Waals surface area contributed by atoms with E-state index in [1.807, 2.05) is 0 Å². The van der Waals surface area contributed by atoms with Crippen LogP contribution in [0.25, 0.3) is 0 Å². The van der Waals surface area contributed by atoms with E-state index in [0.29, 0.717) is 0 Å². The minimum atomic E-state index is 0.202. The fraction of sp³-hybridized carbons (Fsp3) is 0.250. The first-order chi connectivity index (χ1) is 8.90. The van der Waals surface area contributed by atoms with Crippen molar-refractivity contribution >= 4 is 47.8 Å². The van der Waals surface area contributed by atoms with Gasteiger partial charge in [0, 0.05) is 8.95 Å². The topological polar surface area (TPSA) is 0 Å². The molecule has 0 heterocycles. The molecule has 0 nitrogen and oxygen atoms in total. The van der Waals surface area contributed by atoms with Crippen LogP contribution in [0.5, 0.6) is 0 Å². The molecule has 1 atom stereocenters. The molecule has 1 unspecified atom stereocenters. The van der Waals surface area contributed by atoms with Crippen molar-refractivity contribution < 1.29 is 0 Å². The van der Waals surface area contributed by atoms with Crippen molar-refractivity contribution in [2.24, 2.45) is 0 Å². The number of hydrogen-bond donors (Lipinski definition) is 0. The molecule has 0 aliphatic rings. The Morgan fingerprint density at radius 3 is 2.16 bits per heavy atom. The fourth-order valence-corrected chi connectivity index (χ4v) is 4.21. The number of hydrogen-bond acceptors (Lipinski definition) is 0. The van der Waals surface area contributed by atoms with Gasteiger partial charge in [-0.2, -0.15) is 0 Å². The Morgan fingerprint density at radius 2 is 1.47 bits per heavy atom. The van der Waals surface area contributed by atoms with Gasteiger partial charge < -0.3 is 0 Å². The number of rotatable bonds is 2. The van der Waals surface area contributed by atoms with E-state index < -0.39 is 0 Å². The minimum Gasteiger partial charge on any atom is -0.0786 e. The lowest BCUT2D eigenvalue weighted by atomic mass is 9.97. The Bertz CT molecular complexity index is 618. The second-order valence-corrected chi connectivity index (χ2v) is 7.47.